The zero-order valence-electron chi connectivity index (χ0n) is 18.8. The van der Waals surface area contributed by atoms with Gasteiger partial charge in [-0.05, 0) is 42.4 Å². The van der Waals surface area contributed by atoms with Gasteiger partial charge < -0.3 is 14.4 Å². The number of imidazole rings is 1. The van der Waals surface area contributed by atoms with Crippen molar-refractivity contribution < 1.29 is 19.0 Å². The molecule has 0 radical (unpaired) electrons. The van der Waals surface area contributed by atoms with Gasteiger partial charge in [0.1, 0.15) is 24.2 Å². The number of aliphatic hydroxyl groups excluding tert-OH is 1. The molecule has 6 nitrogen and oxygen atoms in total. The normalized spacial score (nSPS) is 11.7. The summed E-state index contributed by atoms with van der Waals surface area (Å²) in [7, 11) is -1.26. The highest BCUT2D eigenvalue weighted by Crippen LogP contribution is 2.33. The molecule has 3 rings (SSSR count). The third kappa shape index (κ3) is 6.41. The van der Waals surface area contributed by atoms with Crippen LogP contribution in [-0.4, -0.2) is 46.7 Å². The van der Waals surface area contributed by atoms with Gasteiger partial charge in [-0.3, -0.25) is 9.78 Å². The minimum atomic E-state index is -1.26. The molecule has 2 heterocycles. The van der Waals surface area contributed by atoms with Gasteiger partial charge in [0.25, 0.3) is 0 Å². The second kappa shape index (κ2) is 10.8. The minimum Gasteiger partial charge on any atom is -0.396 e. The number of Topliss-reactive ketones (excluding diaryl/α,β-unsaturated/α-hetero) is 1. The number of pyridine rings is 1. The van der Waals surface area contributed by atoms with Crippen LogP contribution in [-0.2, 0) is 22.7 Å². The first kappa shape index (κ1) is 24.0. The van der Waals surface area contributed by atoms with Crippen LogP contribution in [0.25, 0.3) is 22.5 Å². The summed E-state index contributed by atoms with van der Waals surface area (Å²) in [6.07, 6.45) is 3.52. The van der Waals surface area contributed by atoms with Gasteiger partial charge in [0.15, 0.2) is 0 Å². The number of ketones is 1. The van der Waals surface area contributed by atoms with Crippen molar-refractivity contribution in [3.05, 3.63) is 60.4 Å². The smallest absolute Gasteiger partial charge is 0.142 e. The Balaban J connectivity index is 2.07. The summed E-state index contributed by atoms with van der Waals surface area (Å²) in [6.45, 7) is 7.52. The SMILES string of the molecule is C[Si](C)(C)CCOCn1c(CC(=O)CCO)nc(-c2ccncc2)c1-c1ccc(F)cc1. The van der Waals surface area contributed by atoms with Gasteiger partial charge in [0.05, 0.1) is 17.8 Å². The highest BCUT2D eigenvalue weighted by Gasteiger charge is 2.22. The van der Waals surface area contributed by atoms with E-state index in [1.165, 1.54) is 12.1 Å². The Bertz CT molecular complexity index is 1030. The molecule has 0 unspecified atom stereocenters. The van der Waals surface area contributed by atoms with Crippen molar-refractivity contribution in [2.75, 3.05) is 13.2 Å². The second-order valence-electron chi connectivity index (χ2n) is 8.93. The molecular weight excluding hydrogens is 425 g/mol. The van der Waals surface area contributed by atoms with Crippen molar-refractivity contribution in [2.45, 2.75) is 45.3 Å². The van der Waals surface area contributed by atoms with Crippen molar-refractivity contribution in [1.82, 2.24) is 14.5 Å². The molecule has 1 N–H and O–H groups in total. The number of aliphatic hydroxyl groups is 1. The lowest BCUT2D eigenvalue weighted by atomic mass is 10.1. The maximum atomic E-state index is 13.6. The molecule has 0 saturated heterocycles. The third-order valence-corrected chi connectivity index (χ3v) is 6.78. The minimum absolute atomic E-state index is 0.0693. The highest BCUT2D eigenvalue weighted by molar-refractivity contribution is 6.76. The number of aromatic nitrogens is 3. The fourth-order valence-electron chi connectivity index (χ4n) is 3.31. The number of carbonyl (C=O) groups excluding carboxylic acids is 1. The first-order valence-electron chi connectivity index (χ1n) is 10.7. The Labute approximate surface area is 189 Å². The Morgan fingerprint density at radius 1 is 1.09 bits per heavy atom. The summed E-state index contributed by atoms with van der Waals surface area (Å²) in [4.78, 5) is 21.2. The van der Waals surface area contributed by atoms with E-state index >= 15 is 0 Å². The van der Waals surface area contributed by atoms with Crippen LogP contribution in [0.15, 0.2) is 48.8 Å². The lowest BCUT2D eigenvalue weighted by Crippen LogP contribution is -2.22. The van der Waals surface area contributed by atoms with Crippen molar-refractivity contribution in [3.63, 3.8) is 0 Å². The lowest BCUT2D eigenvalue weighted by molar-refractivity contribution is -0.119. The van der Waals surface area contributed by atoms with Crippen LogP contribution in [0.2, 0.25) is 25.7 Å². The molecule has 2 aromatic heterocycles. The topological polar surface area (TPSA) is 77.2 Å². The van der Waals surface area contributed by atoms with E-state index in [1.54, 1.807) is 24.5 Å². The second-order valence-corrected chi connectivity index (χ2v) is 14.6. The lowest BCUT2D eigenvalue weighted by Gasteiger charge is -2.17. The van der Waals surface area contributed by atoms with E-state index < -0.39 is 8.07 Å². The summed E-state index contributed by atoms with van der Waals surface area (Å²) in [6, 6.07) is 10.9. The van der Waals surface area contributed by atoms with E-state index in [0.29, 0.717) is 18.1 Å². The van der Waals surface area contributed by atoms with Crippen molar-refractivity contribution >= 4 is 13.9 Å². The molecule has 0 fully saturated rings. The van der Waals surface area contributed by atoms with Gasteiger partial charge in [-0.2, -0.15) is 0 Å². The molecule has 0 spiro atoms. The monoisotopic (exact) mass is 455 g/mol. The molecule has 32 heavy (non-hydrogen) atoms. The van der Waals surface area contributed by atoms with Gasteiger partial charge in [-0.15, -0.1) is 0 Å². The van der Waals surface area contributed by atoms with Crippen LogP contribution in [0.1, 0.15) is 12.2 Å². The van der Waals surface area contributed by atoms with E-state index in [1.807, 2.05) is 16.7 Å². The molecule has 170 valence electrons. The number of hydrogen-bond donors (Lipinski definition) is 1. The van der Waals surface area contributed by atoms with Crippen molar-refractivity contribution in [1.29, 1.82) is 0 Å². The summed E-state index contributed by atoms with van der Waals surface area (Å²) in [5.41, 5.74) is 3.06. The molecule has 1 aromatic carbocycles. The summed E-state index contributed by atoms with van der Waals surface area (Å²) < 4.78 is 21.5. The number of hydrogen-bond acceptors (Lipinski definition) is 5. The van der Waals surface area contributed by atoms with Crippen LogP contribution in [0.5, 0.6) is 0 Å². The molecule has 0 amide bonds. The molecular formula is C24H30FN3O3Si. The predicted molar refractivity (Wildman–Crippen MR) is 125 cm³/mol. The molecule has 0 aliphatic rings. The number of halogens is 1. The Morgan fingerprint density at radius 3 is 2.41 bits per heavy atom. The summed E-state index contributed by atoms with van der Waals surface area (Å²) in [5, 5.41) is 9.16. The van der Waals surface area contributed by atoms with Gasteiger partial charge in [-0.25, -0.2) is 9.37 Å². The Morgan fingerprint density at radius 2 is 1.78 bits per heavy atom. The van der Waals surface area contributed by atoms with Crippen LogP contribution in [0.3, 0.4) is 0 Å². The number of nitrogens with zero attached hydrogens (tertiary/aromatic N) is 3. The predicted octanol–water partition coefficient (Wildman–Crippen LogP) is 4.56. The fraction of sp³-hybridized carbons (Fsp3) is 0.375. The summed E-state index contributed by atoms with van der Waals surface area (Å²) in [5.74, 6) is 0.130. The Kier molecular flexibility index (Phi) is 8.06. The fourth-order valence-corrected chi connectivity index (χ4v) is 4.06. The first-order valence-corrected chi connectivity index (χ1v) is 14.5. The average molecular weight is 456 g/mol. The van der Waals surface area contributed by atoms with Gasteiger partial charge in [-0.1, -0.05) is 19.6 Å². The van der Waals surface area contributed by atoms with Crippen LogP contribution >= 0.6 is 0 Å². The van der Waals surface area contributed by atoms with Gasteiger partial charge in [0.2, 0.25) is 0 Å². The van der Waals surface area contributed by atoms with E-state index in [0.717, 1.165) is 22.9 Å². The maximum absolute atomic E-state index is 13.6. The largest absolute Gasteiger partial charge is 0.396 e. The zero-order chi connectivity index (χ0) is 23.1. The quantitative estimate of drug-likeness (QED) is 0.339. The van der Waals surface area contributed by atoms with Crippen molar-refractivity contribution in [3.8, 4) is 22.5 Å². The van der Waals surface area contributed by atoms with Crippen LogP contribution < -0.4 is 0 Å². The molecule has 0 aliphatic heterocycles. The van der Waals surface area contributed by atoms with E-state index in [2.05, 4.69) is 24.6 Å². The number of rotatable bonds is 11. The molecule has 0 bridgehead atoms. The molecule has 0 aliphatic carbocycles. The zero-order valence-corrected chi connectivity index (χ0v) is 19.8. The van der Waals surface area contributed by atoms with E-state index in [4.69, 9.17) is 14.8 Å². The van der Waals surface area contributed by atoms with Crippen LogP contribution in [0, 0.1) is 5.82 Å². The number of ether oxygens (including phenoxy) is 1. The number of benzene rings is 1. The van der Waals surface area contributed by atoms with Crippen LogP contribution in [0.4, 0.5) is 4.39 Å². The first-order chi connectivity index (χ1) is 15.3. The summed E-state index contributed by atoms with van der Waals surface area (Å²) >= 11 is 0. The van der Waals surface area contributed by atoms with Gasteiger partial charge in [0, 0.05) is 51.2 Å². The maximum Gasteiger partial charge on any atom is 0.142 e. The molecule has 0 saturated carbocycles. The standard InChI is InChI=1S/C24H30FN3O3Si/c1-32(2,3)15-14-31-17-28-22(16-21(30)10-13-29)27-23(18-8-11-26-12-9-18)24(28)19-4-6-20(25)7-5-19/h4-9,11-12,29H,10,13-17H2,1-3H3. The Hall–Kier alpha value is -2.68. The van der Waals surface area contributed by atoms with Crippen molar-refractivity contribution in [2.24, 2.45) is 0 Å². The van der Waals surface area contributed by atoms with Gasteiger partial charge >= 0.3 is 0 Å². The molecule has 8 heteroatoms. The van der Waals surface area contributed by atoms with E-state index in [9.17, 15) is 9.18 Å². The molecule has 3 aromatic rings. The highest BCUT2D eigenvalue weighted by atomic mass is 28.3. The average Bonchev–Trinajstić information content (AvgIpc) is 3.10. The molecule has 0 atom stereocenters. The third-order valence-electron chi connectivity index (χ3n) is 5.08. The van der Waals surface area contributed by atoms with E-state index in [-0.39, 0.29) is 37.8 Å². The number of carbonyl (C=O) groups is 1.